The quantitative estimate of drug-likeness (QED) is 0.784. The summed E-state index contributed by atoms with van der Waals surface area (Å²) in [7, 11) is 0. The number of thiazole rings is 1. The number of benzene rings is 1. The van der Waals surface area contributed by atoms with Gasteiger partial charge < -0.3 is 10.3 Å². The van der Waals surface area contributed by atoms with Gasteiger partial charge in [0.2, 0.25) is 0 Å². The average Bonchev–Trinajstić information content (AvgIpc) is 3.12. The van der Waals surface area contributed by atoms with Crippen molar-refractivity contribution in [1.82, 2.24) is 15.1 Å². The van der Waals surface area contributed by atoms with Gasteiger partial charge in [0.15, 0.2) is 5.82 Å². The van der Waals surface area contributed by atoms with Gasteiger partial charge in [-0.3, -0.25) is 0 Å². The maximum atomic E-state index is 5.61. The summed E-state index contributed by atoms with van der Waals surface area (Å²) in [6.45, 7) is 2.36. The average molecular weight is 300 g/mol. The van der Waals surface area contributed by atoms with Crippen LogP contribution in [0.5, 0.6) is 0 Å². The number of aryl methyl sites for hydroxylation is 3. The Morgan fingerprint density at radius 2 is 1.95 bits per heavy atom. The van der Waals surface area contributed by atoms with Gasteiger partial charge in [-0.1, -0.05) is 35.5 Å². The van der Waals surface area contributed by atoms with Crippen molar-refractivity contribution < 1.29 is 4.52 Å². The molecule has 0 fully saturated rings. The van der Waals surface area contributed by atoms with Crippen LogP contribution in [-0.4, -0.2) is 15.1 Å². The van der Waals surface area contributed by atoms with Gasteiger partial charge in [-0.05, 0) is 18.9 Å². The number of hydrogen-bond donors (Lipinski definition) is 1. The van der Waals surface area contributed by atoms with Gasteiger partial charge in [0, 0.05) is 13.0 Å². The molecule has 0 atom stereocenters. The first-order valence-corrected chi connectivity index (χ1v) is 7.61. The Bertz CT molecular complexity index is 720. The summed E-state index contributed by atoms with van der Waals surface area (Å²) in [6.07, 6.45) is 1.66. The van der Waals surface area contributed by atoms with Crippen molar-refractivity contribution in [2.24, 2.45) is 5.73 Å². The summed E-state index contributed by atoms with van der Waals surface area (Å²) in [4.78, 5) is 9.74. The molecule has 5 nitrogen and oxygen atoms in total. The van der Waals surface area contributed by atoms with Crippen LogP contribution >= 0.6 is 11.3 Å². The van der Waals surface area contributed by atoms with Crippen LogP contribution in [0, 0.1) is 6.92 Å². The molecular formula is C15H16N4OS. The molecule has 3 aromatic rings. The minimum Gasteiger partial charge on any atom is -0.333 e. The zero-order chi connectivity index (χ0) is 14.7. The second kappa shape index (κ2) is 6.15. The Kier molecular flexibility index (Phi) is 4.08. The fourth-order valence-corrected chi connectivity index (χ4v) is 2.95. The second-order valence-corrected chi connectivity index (χ2v) is 5.81. The van der Waals surface area contributed by atoms with Crippen molar-refractivity contribution in [3.05, 3.63) is 52.4 Å². The molecule has 0 radical (unpaired) electrons. The molecule has 2 N–H and O–H groups in total. The van der Waals surface area contributed by atoms with Crippen LogP contribution in [0.25, 0.3) is 10.8 Å². The Balaban J connectivity index is 1.72. The maximum Gasteiger partial charge on any atom is 0.269 e. The molecule has 21 heavy (non-hydrogen) atoms. The van der Waals surface area contributed by atoms with E-state index in [4.69, 9.17) is 10.3 Å². The predicted octanol–water partition coefficient (Wildman–Crippen LogP) is 2.75. The van der Waals surface area contributed by atoms with Gasteiger partial charge in [-0.15, -0.1) is 11.3 Å². The first-order valence-electron chi connectivity index (χ1n) is 6.79. The molecule has 1 aromatic carbocycles. The fraction of sp³-hybridized carbons (Fsp3) is 0.267. The monoisotopic (exact) mass is 300 g/mol. The summed E-state index contributed by atoms with van der Waals surface area (Å²) in [5.41, 5.74) is 7.76. The normalized spacial score (nSPS) is 11.0. The van der Waals surface area contributed by atoms with Gasteiger partial charge in [0.1, 0.15) is 9.88 Å². The molecule has 0 bridgehead atoms. The van der Waals surface area contributed by atoms with Gasteiger partial charge in [0.05, 0.1) is 5.69 Å². The predicted molar refractivity (Wildman–Crippen MR) is 81.9 cm³/mol. The highest BCUT2D eigenvalue weighted by atomic mass is 32.1. The minimum atomic E-state index is 0.431. The lowest BCUT2D eigenvalue weighted by atomic mass is 10.1. The molecule has 0 aliphatic heterocycles. The smallest absolute Gasteiger partial charge is 0.269 e. The van der Waals surface area contributed by atoms with Crippen LogP contribution in [0.1, 0.15) is 22.1 Å². The third-order valence-corrected chi connectivity index (χ3v) is 4.33. The summed E-state index contributed by atoms with van der Waals surface area (Å²) in [6, 6.07) is 10.3. The Labute approximate surface area is 126 Å². The number of rotatable bonds is 5. The molecule has 0 unspecified atom stereocenters. The van der Waals surface area contributed by atoms with E-state index in [1.165, 1.54) is 16.9 Å². The van der Waals surface area contributed by atoms with Gasteiger partial charge in [-0.2, -0.15) is 4.98 Å². The van der Waals surface area contributed by atoms with Crippen LogP contribution in [0.15, 0.2) is 34.9 Å². The largest absolute Gasteiger partial charge is 0.333 e. The van der Waals surface area contributed by atoms with E-state index < -0.39 is 0 Å². The molecule has 2 heterocycles. The van der Waals surface area contributed by atoms with Crippen molar-refractivity contribution in [1.29, 1.82) is 0 Å². The van der Waals surface area contributed by atoms with Gasteiger partial charge >= 0.3 is 0 Å². The molecule has 3 rings (SSSR count). The first kappa shape index (κ1) is 13.9. The molecule has 0 amide bonds. The lowest BCUT2D eigenvalue weighted by Gasteiger charge is -1.96. The molecule has 0 aliphatic carbocycles. The molecular weight excluding hydrogens is 284 g/mol. The van der Waals surface area contributed by atoms with Crippen LogP contribution in [0.2, 0.25) is 0 Å². The lowest BCUT2D eigenvalue weighted by Crippen LogP contribution is -1.94. The number of aromatic nitrogens is 3. The lowest BCUT2D eigenvalue weighted by molar-refractivity contribution is 0.423. The molecule has 6 heteroatoms. The van der Waals surface area contributed by atoms with E-state index in [-0.39, 0.29) is 0 Å². The maximum absolute atomic E-state index is 5.61. The van der Waals surface area contributed by atoms with E-state index in [1.807, 2.05) is 25.1 Å². The third-order valence-electron chi connectivity index (χ3n) is 3.16. The molecule has 108 valence electrons. The van der Waals surface area contributed by atoms with Gasteiger partial charge in [-0.25, -0.2) is 4.98 Å². The van der Waals surface area contributed by atoms with Crippen molar-refractivity contribution in [3.63, 3.8) is 0 Å². The number of nitrogens with zero attached hydrogens (tertiary/aromatic N) is 3. The van der Waals surface area contributed by atoms with E-state index in [1.54, 1.807) is 0 Å². The standard InChI is InChI=1S/C15H16N4OS/c1-10-14(21-13(9-16)17-10)15-18-12(19-20-15)8-7-11-5-3-2-4-6-11/h2-6H,7-9,16H2,1H3. The highest BCUT2D eigenvalue weighted by molar-refractivity contribution is 7.15. The Hall–Kier alpha value is -2.05. The van der Waals surface area contributed by atoms with E-state index in [0.29, 0.717) is 12.4 Å². The first-order chi connectivity index (χ1) is 10.3. The van der Waals surface area contributed by atoms with Crippen LogP contribution in [0.3, 0.4) is 0 Å². The van der Waals surface area contributed by atoms with Gasteiger partial charge in [0.25, 0.3) is 5.89 Å². The molecule has 0 saturated heterocycles. The number of nitrogens with two attached hydrogens (primary N) is 1. The summed E-state index contributed by atoms with van der Waals surface area (Å²) in [5, 5.41) is 4.93. The van der Waals surface area contributed by atoms with E-state index in [0.717, 1.165) is 34.2 Å². The fourth-order valence-electron chi connectivity index (χ4n) is 2.09. The highest BCUT2D eigenvalue weighted by Gasteiger charge is 2.15. The molecule has 2 aromatic heterocycles. The Morgan fingerprint density at radius 1 is 1.14 bits per heavy atom. The minimum absolute atomic E-state index is 0.431. The van der Waals surface area contributed by atoms with Crippen LogP contribution in [0.4, 0.5) is 0 Å². The summed E-state index contributed by atoms with van der Waals surface area (Å²) < 4.78 is 5.35. The zero-order valence-corrected chi connectivity index (χ0v) is 12.6. The van der Waals surface area contributed by atoms with E-state index >= 15 is 0 Å². The Morgan fingerprint density at radius 3 is 2.67 bits per heavy atom. The van der Waals surface area contributed by atoms with Crippen molar-refractivity contribution in [2.45, 2.75) is 26.3 Å². The van der Waals surface area contributed by atoms with Crippen LogP contribution in [-0.2, 0) is 19.4 Å². The molecule has 0 spiro atoms. The molecule has 0 saturated carbocycles. The SMILES string of the molecule is Cc1nc(CN)sc1-c1nc(CCc2ccccc2)no1. The topological polar surface area (TPSA) is 77.8 Å². The molecule has 0 aliphatic rings. The van der Waals surface area contributed by atoms with E-state index in [2.05, 4.69) is 27.3 Å². The van der Waals surface area contributed by atoms with Crippen molar-refractivity contribution in [2.75, 3.05) is 0 Å². The van der Waals surface area contributed by atoms with Crippen LogP contribution < -0.4 is 5.73 Å². The van der Waals surface area contributed by atoms with Crippen molar-refractivity contribution in [3.8, 4) is 10.8 Å². The van der Waals surface area contributed by atoms with Crippen molar-refractivity contribution >= 4 is 11.3 Å². The van der Waals surface area contributed by atoms with E-state index in [9.17, 15) is 0 Å². The summed E-state index contributed by atoms with van der Waals surface area (Å²) in [5.74, 6) is 1.25. The summed E-state index contributed by atoms with van der Waals surface area (Å²) >= 11 is 1.51. The number of hydrogen-bond acceptors (Lipinski definition) is 6. The second-order valence-electron chi connectivity index (χ2n) is 4.73. The third kappa shape index (κ3) is 3.17. The zero-order valence-electron chi connectivity index (χ0n) is 11.7. The highest BCUT2D eigenvalue weighted by Crippen LogP contribution is 2.28.